The molecule has 35 heavy (non-hydrogen) atoms. The molecule has 0 N–H and O–H groups in total. The van der Waals surface area contributed by atoms with E-state index in [9.17, 15) is 22.8 Å². The predicted molar refractivity (Wildman–Crippen MR) is 133 cm³/mol. The Bertz CT molecular complexity index is 1210. The molecule has 8 nitrogen and oxygen atoms in total. The molecule has 186 valence electrons. The molecule has 1 atom stereocenters. The number of ether oxygens (including phenoxy) is 1. The van der Waals surface area contributed by atoms with Gasteiger partial charge in [0.2, 0.25) is 15.9 Å². The number of hydrogen-bond donors (Lipinski definition) is 0. The molecule has 1 aliphatic heterocycles. The molecule has 0 bridgehead atoms. The molecule has 0 radical (unpaired) electrons. The van der Waals surface area contributed by atoms with Gasteiger partial charge in [-0.2, -0.15) is 4.31 Å². The van der Waals surface area contributed by atoms with Gasteiger partial charge in [0.15, 0.2) is 0 Å². The monoisotopic (exact) mass is 562 g/mol. The van der Waals surface area contributed by atoms with Gasteiger partial charge in [-0.1, -0.05) is 41.6 Å². The van der Waals surface area contributed by atoms with Crippen LogP contribution in [0.3, 0.4) is 0 Å². The van der Waals surface area contributed by atoms with Gasteiger partial charge < -0.3 is 4.74 Å². The Balaban J connectivity index is 1.70. The van der Waals surface area contributed by atoms with Crippen molar-refractivity contribution in [3.8, 4) is 0 Å². The first-order valence-electron chi connectivity index (χ1n) is 11.6. The lowest BCUT2D eigenvalue weighted by atomic mass is 10.1. The van der Waals surface area contributed by atoms with Gasteiger partial charge >= 0.3 is 5.97 Å². The van der Waals surface area contributed by atoms with Gasteiger partial charge in [-0.25, -0.2) is 18.1 Å². The molecule has 1 aliphatic carbocycles. The first-order valence-corrected chi connectivity index (χ1v) is 13.8. The number of benzene rings is 2. The van der Waals surface area contributed by atoms with Gasteiger partial charge in [-0.3, -0.25) is 9.59 Å². The van der Waals surface area contributed by atoms with Crippen LogP contribution in [0, 0.1) is 0 Å². The highest BCUT2D eigenvalue weighted by Gasteiger charge is 2.49. The van der Waals surface area contributed by atoms with Crippen LogP contribution in [0.15, 0.2) is 57.9 Å². The summed E-state index contributed by atoms with van der Waals surface area (Å²) < 4.78 is 34.5. The molecule has 1 saturated carbocycles. The number of rotatable bonds is 6. The molecular formula is C25H27BrN2O6S. The minimum Gasteiger partial charge on any atom is -0.465 e. The number of methoxy groups -OCH3 is 1. The number of carbonyl (C=O) groups is 3. The maximum absolute atomic E-state index is 13.9. The number of esters is 1. The Morgan fingerprint density at radius 1 is 0.971 bits per heavy atom. The lowest BCUT2D eigenvalue weighted by Gasteiger charge is -2.33. The Morgan fingerprint density at radius 2 is 1.57 bits per heavy atom. The summed E-state index contributed by atoms with van der Waals surface area (Å²) in [6, 6.07) is 10.7. The Morgan fingerprint density at radius 3 is 2.14 bits per heavy atom. The first kappa shape index (κ1) is 25.5. The second-order valence-electron chi connectivity index (χ2n) is 8.76. The van der Waals surface area contributed by atoms with E-state index < -0.39 is 33.8 Å². The summed E-state index contributed by atoms with van der Waals surface area (Å²) in [7, 11) is -2.78. The van der Waals surface area contributed by atoms with E-state index in [4.69, 9.17) is 4.74 Å². The van der Waals surface area contributed by atoms with Crippen molar-refractivity contribution >= 4 is 49.4 Å². The number of sulfonamides is 1. The fourth-order valence-corrected chi connectivity index (χ4v) is 6.90. The van der Waals surface area contributed by atoms with E-state index in [1.54, 1.807) is 12.1 Å². The minimum atomic E-state index is -4.05. The molecule has 2 aromatic carbocycles. The summed E-state index contributed by atoms with van der Waals surface area (Å²) in [5.74, 6) is -1.59. The van der Waals surface area contributed by atoms with E-state index in [0.29, 0.717) is 12.8 Å². The molecule has 2 amide bonds. The largest absolute Gasteiger partial charge is 0.465 e. The lowest BCUT2D eigenvalue weighted by Crippen LogP contribution is -2.50. The molecule has 0 spiro atoms. The van der Waals surface area contributed by atoms with E-state index >= 15 is 0 Å². The average molecular weight is 563 g/mol. The number of hydrogen-bond acceptors (Lipinski definition) is 6. The predicted octanol–water partition coefficient (Wildman–Crippen LogP) is 4.28. The van der Waals surface area contributed by atoms with Crippen molar-refractivity contribution in [1.82, 2.24) is 4.31 Å². The summed E-state index contributed by atoms with van der Waals surface area (Å²) in [5, 5.41) is 0. The number of halogens is 1. The van der Waals surface area contributed by atoms with Crippen molar-refractivity contribution in [3.05, 3.63) is 58.6 Å². The Labute approximate surface area is 213 Å². The third-order valence-corrected chi connectivity index (χ3v) is 9.05. The molecule has 0 aromatic heterocycles. The van der Waals surface area contributed by atoms with Crippen LogP contribution >= 0.6 is 15.9 Å². The number of amides is 2. The van der Waals surface area contributed by atoms with Crippen molar-refractivity contribution in [1.29, 1.82) is 0 Å². The Kier molecular flexibility index (Phi) is 7.73. The van der Waals surface area contributed by atoms with Crippen LogP contribution in [-0.2, 0) is 24.3 Å². The van der Waals surface area contributed by atoms with Crippen LogP contribution in [0.4, 0.5) is 5.69 Å². The number of nitrogens with zero attached hydrogens (tertiary/aromatic N) is 2. The van der Waals surface area contributed by atoms with Crippen molar-refractivity contribution in [3.63, 3.8) is 0 Å². The fraction of sp³-hybridized carbons (Fsp3) is 0.400. The van der Waals surface area contributed by atoms with Gasteiger partial charge in [0.05, 0.1) is 29.7 Å². The zero-order chi connectivity index (χ0) is 25.2. The first-order chi connectivity index (χ1) is 16.7. The molecule has 2 aliphatic rings. The highest BCUT2D eigenvalue weighted by atomic mass is 79.9. The summed E-state index contributed by atoms with van der Waals surface area (Å²) in [6.07, 6.45) is 4.81. The van der Waals surface area contributed by atoms with Crippen LogP contribution in [0.1, 0.15) is 55.3 Å². The molecule has 4 rings (SSSR count). The van der Waals surface area contributed by atoms with Gasteiger partial charge in [0.1, 0.15) is 6.04 Å². The van der Waals surface area contributed by atoms with E-state index in [1.165, 1.54) is 47.8 Å². The second-order valence-corrected chi connectivity index (χ2v) is 11.5. The number of carbonyl (C=O) groups excluding carboxylic acids is 3. The van der Waals surface area contributed by atoms with Crippen LogP contribution in [-0.4, -0.2) is 49.7 Å². The summed E-state index contributed by atoms with van der Waals surface area (Å²) in [6.45, 7) is 0. The van der Waals surface area contributed by atoms with Crippen molar-refractivity contribution in [2.45, 2.75) is 61.9 Å². The maximum Gasteiger partial charge on any atom is 0.337 e. The van der Waals surface area contributed by atoms with Gasteiger partial charge in [0, 0.05) is 10.5 Å². The zero-order valence-electron chi connectivity index (χ0n) is 19.4. The molecule has 1 saturated heterocycles. The highest BCUT2D eigenvalue weighted by molar-refractivity contribution is 9.10. The Hall–Kier alpha value is -2.56. The fourth-order valence-electron chi connectivity index (χ4n) is 4.81. The summed E-state index contributed by atoms with van der Waals surface area (Å²) in [4.78, 5) is 39.5. The smallest absolute Gasteiger partial charge is 0.337 e. The average Bonchev–Trinajstić information content (AvgIpc) is 3.00. The van der Waals surface area contributed by atoms with E-state index in [2.05, 4.69) is 15.9 Å². The molecule has 10 heteroatoms. The van der Waals surface area contributed by atoms with Gasteiger partial charge in [-0.05, 0) is 61.4 Å². The molecule has 1 unspecified atom stereocenters. The normalized spacial score (nSPS) is 19.7. The summed E-state index contributed by atoms with van der Waals surface area (Å²) >= 11 is 3.33. The molecular weight excluding hydrogens is 536 g/mol. The van der Waals surface area contributed by atoms with Gasteiger partial charge in [-0.15, -0.1) is 0 Å². The highest BCUT2D eigenvalue weighted by Crippen LogP contribution is 2.35. The van der Waals surface area contributed by atoms with E-state index in [0.717, 1.165) is 35.1 Å². The number of anilines is 1. The molecule has 2 fully saturated rings. The third-order valence-electron chi connectivity index (χ3n) is 6.55. The SMILES string of the molecule is COC(=O)c1ccc(N2C(=O)CC(N(C3CCCCCC3)S(=O)(=O)c3ccc(Br)cc3)C2=O)cc1. The van der Waals surface area contributed by atoms with E-state index in [-0.39, 0.29) is 28.6 Å². The summed E-state index contributed by atoms with van der Waals surface area (Å²) in [5.41, 5.74) is 0.571. The quantitative estimate of drug-likeness (QED) is 0.296. The van der Waals surface area contributed by atoms with Gasteiger partial charge in [0.25, 0.3) is 5.91 Å². The number of imide groups is 1. The van der Waals surface area contributed by atoms with Crippen LogP contribution in [0.2, 0.25) is 0 Å². The van der Waals surface area contributed by atoms with Crippen LogP contribution in [0.25, 0.3) is 0 Å². The topological polar surface area (TPSA) is 101 Å². The van der Waals surface area contributed by atoms with Crippen molar-refractivity contribution < 1.29 is 27.5 Å². The standard InChI is InChI=1S/C25H27BrN2O6S/c1-34-25(31)17-8-12-19(13-9-17)27-23(29)16-22(24(27)30)28(20-6-4-2-3-5-7-20)35(32,33)21-14-10-18(26)11-15-21/h8-15,20,22H,2-7,16H2,1H3. The van der Waals surface area contributed by atoms with Crippen LogP contribution in [0.5, 0.6) is 0 Å². The van der Waals surface area contributed by atoms with Crippen molar-refractivity contribution in [2.24, 2.45) is 0 Å². The maximum atomic E-state index is 13.9. The lowest BCUT2D eigenvalue weighted by molar-refractivity contribution is -0.122. The zero-order valence-corrected chi connectivity index (χ0v) is 21.8. The van der Waals surface area contributed by atoms with E-state index in [1.807, 2.05) is 0 Å². The van der Waals surface area contributed by atoms with Crippen molar-refractivity contribution in [2.75, 3.05) is 12.0 Å². The molecule has 2 aromatic rings. The molecule has 1 heterocycles. The minimum absolute atomic E-state index is 0.0890. The van der Waals surface area contributed by atoms with Crippen LogP contribution < -0.4 is 4.90 Å². The second kappa shape index (κ2) is 10.6. The third kappa shape index (κ3) is 5.19.